The lowest BCUT2D eigenvalue weighted by atomic mass is 9.99. The summed E-state index contributed by atoms with van der Waals surface area (Å²) in [6.07, 6.45) is 2.53. The number of piperidine rings is 2. The van der Waals surface area contributed by atoms with E-state index in [4.69, 9.17) is 14.2 Å². The van der Waals surface area contributed by atoms with Crippen LogP contribution in [0, 0.1) is 5.92 Å². The van der Waals surface area contributed by atoms with Gasteiger partial charge >= 0.3 is 0 Å². The molecule has 0 bridgehead atoms. The summed E-state index contributed by atoms with van der Waals surface area (Å²) in [6, 6.07) is 7.63. The molecule has 0 unspecified atom stereocenters. The molecule has 1 N–H and O–H groups in total. The molecule has 3 aliphatic heterocycles. The van der Waals surface area contributed by atoms with Crippen LogP contribution in [0.3, 0.4) is 0 Å². The highest BCUT2D eigenvalue weighted by Crippen LogP contribution is 2.33. The van der Waals surface area contributed by atoms with E-state index in [1.807, 2.05) is 38.1 Å². The number of ether oxygens (including phenoxy) is 3. The molecule has 3 heterocycles. The molecule has 184 valence electrons. The Hall–Kier alpha value is -1.72. The summed E-state index contributed by atoms with van der Waals surface area (Å²) >= 11 is 0. The Morgan fingerprint density at radius 2 is 1.79 bits per heavy atom. The molecular weight excluding hydrogens is 446 g/mol. The first-order valence-corrected chi connectivity index (χ1v) is 13.2. The van der Waals surface area contributed by atoms with E-state index in [0.29, 0.717) is 65.1 Å². The van der Waals surface area contributed by atoms with Crippen molar-refractivity contribution in [2.75, 3.05) is 39.4 Å². The molecule has 1 amide bonds. The Bertz CT molecular complexity index is 905. The van der Waals surface area contributed by atoms with E-state index in [-0.39, 0.29) is 24.5 Å². The predicted molar refractivity (Wildman–Crippen MR) is 123 cm³/mol. The highest BCUT2D eigenvalue weighted by Gasteiger charge is 2.44. The van der Waals surface area contributed by atoms with Gasteiger partial charge in [-0.25, -0.2) is 0 Å². The van der Waals surface area contributed by atoms with Crippen molar-refractivity contribution >= 4 is 16.1 Å². The highest BCUT2D eigenvalue weighted by molar-refractivity contribution is 7.86. The first-order valence-electron chi connectivity index (χ1n) is 11.8. The zero-order valence-electron chi connectivity index (χ0n) is 19.5. The smallest absolute Gasteiger partial charge is 0.282 e. The summed E-state index contributed by atoms with van der Waals surface area (Å²) in [5.74, 6) is -0.282. The van der Waals surface area contributed by atoms with E-state index < -0.39 is 16.0 Å². The zero-order chi connectivity index (χ0) is 23.5. The van der Waals surface area contributed by atoms with Crippen LogP contribution in [0.1, 0.15) is 45.1 Å². The van der Waals surface area contributed by atoms with E-state index in [0.717, 1.165) is 11.3 Å². The molecule has 0 aromatic heterocycles. The van der Waals surface area contributed by atoms with Crippen molar-refractivity contribution in [3.63, 3.8) is 0 Å². The van der Waals surface area contributed by atoms with Crippen LogP contribution >= 0.6 is 0 Å². The summed E-state index contributed by atoms with van der Waals surface area (Å²) < 4.78 is 46.5. The topological polar surface area (TPSA) is 97.4 Å². The second-order valence-corrected chi connectivity index (χ2v) is 11.2. The third-order valence-electron chi connectivity index (χ3n) is 6.47. The normalized spacial score (nSPS) is 24.3. The second kappa shape index (κ2) is 10.3. The number of nitrogens with zero attached hydrogens (tertiary/aromatic N) is 2. The van der Waals surface area contributed by atoms with Crippen molar-refractivity contribution in [3.05, 3.63) is 29.8 Å². The number of carbonyl (C=O) groups is 1. The van der Waals surface area contributed by atoms with Crippen LogP contribution in [0.2, 0.25) is 0 Å². The molecule has 33 heavy (non-hydrogen) atoms. The third-order valence-corrected chi connectivity index (χ3v) is 8.47. The molecule has 1 atom stereocenters. The fourth-order valence-corrected chi connectivity index (χ4v) is 6.36. The van der Waals surface area contributed by atoms with Gasteiger partial charge in [0.15, 0.2) is 5.79 Å². The molecule has 0 aliphatic carbocycles. The number of carbonyl (C=O) groups excluding carboxylic acids is 1. The van der Waals surface area contributed by atoms with Crippen molar-refractivity contribution in [3.8, 4) is 5.75 Å². The second-order valence-electron chi connectivity index (χ2n) is 9.24. The van der Waals surface area contributed by atoms with Gasteiger partial charge in [-0.2, -0.15) is 17.0 Å². The standard InChI is InChI=1S/C23H35N3O6S/c1-18(2)32-21-7-5-19(6-8-21)16-24-22(27)20-4-3-11-26(17-20)33(28,29)25-12-9-23(10-13-25)30-14-15-31-23/h5-8,18,20H,3-4,9-17H2,1-2H3,(H,24,27)/t20-/m1/s1. The van der Waals surface area contributed by atoms with Gasteiger partial charge in [-0.3, -0.25) is 4.79 Å². The SMILES string of the molecule is CC(C)Oc1ccc(CNC(=O)[C@@H]2CCCN(S(=O)(=O)N3CCC4(CC3)OCCO4)C2)cc1. The Kier molecular flexibility index (Phi) is 7.59. The monoisotopic (exact) mass is 481 g/mol. The summed E-state index contributed by atoms with van der Waals surface area (Å²) in [4.78, 5) is 12.8. The maximum atomic E-state index is 13.2. The summed E-state index contributed by atoms with van der Waals surface area (Å²) in [5, 5.41) is 2.97. The fourth-order valence-electron chi connectivity index (χ4n) is 4.66. The fraction of sp³-hybridized carbons (Fsp3) is 0.696. The van der Waals surface area contributed by atoms with E-state index in [1.165, 1.54) is 8.61 Å². The van der Waals surface area contributed by atoms with E-state index in [2.05, 4.69) is 5.32 Å². The van der Waals surface area contributed by atoms with Gasteiger partial charge in [0.1, 0.15) is 5.75 Å². The minimum absolute atomic E-state index is 0.108. The summed E-state index contributed by atoms with van der Waals surface area (Å²) in [7, 11) is -3.62. The molecule has 3 aliphatic rings. The molecule has 3 saturated heterocycles. The number of hydrogen-bond acceptors (Lipinski definition) is 6. The predicted octanol–water partition coefficient (Wildman–Crippen LogP) is 1.89. The molecule has 0 saturated carbocycles. The van der Waals surface area contributed by atoms with Crippen LogP contribution in [0.5, 0.6) is 5.75 Å². The molecule has 1 aromatic rings. The zero-order valence-corrected chi connectivity index (χ0v) is 20.3. The van der Waals surface area contributed by atoms with Gasteiger partial charge in [0.2, 0.25) is 5.91 Å². The maximum absolute atomic E-state index is 13.2. The van der Waals surface area contributed by atoms with Crippen molar-refractivity contribution in [1.29, 1.82) is 0 Å². The number of hydrogen-bond donors (Lipinski definition) is 1. The van der Waals surface area contributed by atoms with Crippen LogP contribution in [0.25, 0.3) is 0 Å². The minimum Gasteiger partial charge on any atom is -0.491 e. The Morgan fingerprint density at radius 3 is 2.42 bits per heavy atom. The third kappa shape index (κ3) is 5.86. The van der Waals surface area contributed by atoms with E-state index in [9.17, 15) is 13.2 Å². The average molecular weight is 482 g/mol. The summed E-state index contributed by atoms with van der Waals surface area (Å²) in [5.41, 5.74) is 0.971. The first kappa shape index (κ1) is 24.4. The largest absolute Gasteiger partial charge is 0.491 e. The Balaban J connectivity index is 1.29. The van der Waals surface area contributed by atoms with Crippen LogP contribution in [0.15, 0.2) is 24.3 Å². The molecule has 3 fully saturated rings. The van der Waals surface area contributed by atoms with Gasteiger partial charge in [0, 0.05) is 45.6 Å². The van der Waals surface area contributed by atoms with Crippen LogP contribution in [-0.4, -0.2) is 74.2 Å². The van der Waals surface area contributed by atoms with E-state index in [1.54, 1.807) is 0 Å². The van der Waals surface area contributed by atoms with Crippen LogP contribution in [0.4, 0.5) is 0 Å². The van der Waals surface area contributed by atoms with Gasteiger partial charge in [-0.1, -0.05) is 12.1 Å². The number of rotatable bonds is 7. The minimum atomic E-state index is -3.62. The lowest BCUT2D eigenvalue weighted by Crippen LogP contribution is -2.54. The van der Waals surface area contributed by atoms with Crippen molar-refractivity contribution in [2.45, 2.75) is 58.0 Å². The molecule has 1 spiro atoms. The van der Waals surface area contributed by atoms with Crippen LogP contribution < -0.4 is 10.1 Å². The highest BCUT2D eigenvalue weighted by atomic mass is 32.2. The quantitative estimate of drug-likeness (QED) is 0.639. The van der Waals surface area contributed by atoms with Gasteiger partial charge < -0.3 is 19.5 Å². The summed E-state index contributed by atoms with van der Waals surface area (Å²) in [6.45, 7) is 6.86. The van der Waals surface area contributed by atoms with Gasteiger partial charge in [-0.15, -0.1) is 0 Å². The van der Waals surface area contributed by atoms with E-state index >= 15 is 0 Å². The average Bonchev–Trinajstić information content (AvgIpc) is 3.26. The Labute approximate surface area is 196 Å². The molecule has 10 heteroatoms. The lowest BCUT2D eigenvalue weighted by Gasteiger charge is -2.40. The number of nitrogens with one attached hydrogen (secondary N) is 1. The molecule has 0 radical (unpaired) electrons. The van der Waals surface area contributed by atoms with Crippen molar-refractivity contribution < 1.29 is 27.4 Å². The molecule has 1 aromatic carbocycles. The molecular formula is C23H35N3O6S. The van der Waals surface area contributed by atoms with Gasteiger partial charge in [0.25, 0.3) is 10.2 Å². The van der Waals surface area contributed by atoms with Crippen LogP contribution in [-0.2, 0) is 31.0 Å². The number of benzene rings is 1. The molecule has 9 nitrogen and oxygen atoms in total. The number of amides is 1. The van der Waals surface area contributed by atoms with Gasteiger partial charge in [-0.05, 0) is 44.4 Å². The van der Waals surface area contributed by atoms with Crippen molar-refractivity contribution in [1.82, 2.24) is 13.9 Å². The van der Waals surface area contributed by atoms with Crippen molar-refractivity contribution in [2.24, 2.45) is 5.92 Å². The first-order chi connectivity index (χ1) is 15.8. The maximum Gasteiger partial charge on any atom is 0.282 e. The van der Waals surface area contributed by atoms with Gasteiger partial charge in [0.05, 0.1) is 25.2 Å². The Morgan fingerprint density at radius 1 is 1.12 bits per heavy atom. The molecule has 4 rings (SSSR count). The lowest BCUT2D eigenvalue weighted by molar-refractivity contribution is -0.179.